The Hall–Kier alpha value is 3.15. The van der Waals surface area contributed by atoms with E-state index in [-0.39, 0.29) is 104 Å². The van der Waals surface area contributed by atoms with Crippen LogP contribution in [0.1, 0.15) is 0 Å². The number of hydrogen-bond acceptors (Lipinski definition) is 0. The molecule has 0 atom stereocenters. The van der Waals surface area contributed by atoms with Crippen molar-refractivity contribution in [2.24, 2.45) is 0 Å². The molecule has 1 radical (unpaired) electrons. The van der Waals surface area contributed by atoms with Gasteiger partial charge in [-0.1, -0.05) is 0 Å². The summed E-state index contributed by atoms with van der Waals surface area (Å²) in [4.78, 5) is 0. The van der Waals surface area contributed by atoms with Gasteiger partial charge in [-0.05, 0) is 0 Å². The number of rotatable bonds is 0. The van der Waals surface area contributed by atoms with E-state index in [2.05, 4.69) is 0 Å². The Morgan fingerprint density at radius 1 is 1.00 bits per heavy atom. The van der Waals surface area contributed by atoms with Crippen LogP contribution in [-0.2, 0) is 22.5 Å². The van der Waals surface area contributed by atoms with Crippen molar-refractivity contribution in [3.63, 3.8) is 0 Å². The van der Waals surface area contributed by atoms with Crippen molar-refractivity contribution in [1.29, 1.82) is 0 Å². The van der Waals surface area contributed by atoms with E-state index in [0.29, 0.717) is 0 Å². The molecular weight excluding hydrogens is 306 g/mol. The van der Waals surface area contributed by atoms with Gasteiger partial charge in [-0.3, -0.25) is 0 Å². The minimum atomic E-state index is 0. The average molecular weight is 306 g/mol. The van der Waals surface area contributed by atoms with Crippen LogP contribution in [0.2, 0.25) is 0 Å². The maximum atomic E-state index is 0. The largest absolute Gasteiger partial charge is 3.00 e. The summed E-state index contributed by atoms with van der Waals surface area (Å²) >= 11 is 0. The van der Waals surface area contributed by atoms with Crippen LogP contribution in [0, 0.1) is 35.6 Å². The van der Waals surface area contributed by atoms with Gasteiger partial charge in [-0.15, -0.1) is 0 Å². The van der Waals surface area contributed by atoms with Crippen molar-refractivity contribution in [1.82, 2.24) is 0 Å². The zero-order valence-electron chi connectivity index (χ0n) is 1.99. The third-order valence-electron chi connectivity index (χ3n) is 0. The normalized spacial score (nSPS) is 0. The molecule has 0 saturated carbocycles. The first-order valence-corrected chi connectivity index (χ1v) is 0. The zero-order valence-corrected chi connectivity index (χ0v) is 10.0. The topological polar surface area (TPSA) is 28.5 Å². The van der Waals surface area contributed by atoms with Gasteiger partial charge in [0.05, 0.1) is 0 Å². The molecule has 0 spiro atoms. The Morgan fingerprint density at radius 3 is 1.00 bits per heavy atom. The van der Waals surface area contributed by atoms with E-state index < -0.39 is 0 Å². The molecule has 0 amide bonds. The summed E-state index contributed by atoms with van der Waals surface area (Å²) < 4.78 is 0. The maximum absolute atomic E-state index is 0. The molecule has 0 bridgehead atoms. The second-order valence-corrected chi connectivity index (χ2v) is 0. The zero-order chi connectivity index (χ0) is 0. The molecule has 0 saturated heterocycles. The second-order valence-electron chi connectivity index (χ2n) is 0. The first kappa shape index (κ1) is 27.2. The summed E-state index contributed by atoms with van der Waals surface area (Å²) in [5.41, 5.74) is 0. The van der Waals surface area contributed by atoms with Gasteiger partial charge in [0, 0.05) is 0 Å². The van der Waals surface area contributed by atoms with Gasteiger partial charge in [-0.2, -0.15) is 0 Å². The van der Waals surface area contributed by atoms with E-state index in [0.717, 1.165) is 0 Å². The fourth-order valence-electron chi connectivity index (χ4n) is 0. The Labute approximate surface area is 101 Å². The van der Waals surface area contributed by atoms with E-state index in [4.69, 9.17) is 0 Å². The van der Waals surface area contributed by atoms with Crippen LogP contribution < -0.4 is 0 Å². The molecule has 0 aromatic heterocycles. The van der Waals surface area contributed by atoms with E-state index in [1.54, 1.807) is 0 Å². The molecule has 0 aliphatic heterocycles. The molecule has 0 fully saturated rings. The molecule has 17 valence electrons. The van der Waals surface area contributed by atoms with Crippen LogP contribution >= 0.6 is 0 Å². The van der Waals surface area contributed by atoms with E-state index in [9.17, 15) is 0 Å². The molecule has 0 aromatic carbocycles. The molecule has 0 N–H and O–H groups in total. The van der Waals surface area contributed by atoms with Crippen molar-refractivity contribution in [3.05, 3.63) is 0 Å². The summed E-state index contributed by atoms with van der Waals surface area (Å²) in [6.45, 7) is 0. The van der Waals surface area contributed by atoms with Gasteiger partial charge in [-0.25, -0.2) is 0 Å². The fourth-order valence-corrected chi connectivity index (χ4v) is 0. The summed E-state index contributed by atoms with van der Waals surface area (Å²) in [5.74, 6) is 0. The average Bonchev–Trinajstić information content (AvgIpc) is 0. The first-order valence-electron chi connectivity index (χ1n) is 0. The first-order chi connectivity index (χ1) is 0. The molecular formula is CuLaOSr+5. The van der Waals surface area contributed by atoms with Crippen LogP contribution in [0.25, 0.3) is 0 Å². The van der Waals surface area contributed by atoms with Crippen molar-refractivity contribution < 1.29 is 58.1 Å². The Kier molecular flexibility index (Phi) is 112. The van der Waals surface area contributed by atoms with Crippen molar-refractivity contribution in [2.45, 2.75) is 0 Å². The Morgan fingerprint density at radius 2 is 1.00 bits per heavy atom. The second kappa shape index (κ2) is 16.4. The van der Waals surface area contributed by atoms with E-state index >= 15 is 0 Å². The molecule has 1 nitrogen and oxygen atoms in total. The summed E-state index contributed by atoms with van der Waals surface area (Å²) in [6.07, 6.45) is 0. The predicted molar refractivity (Wildman–Crippen MR) is 6.44 cm³/mol. The molecule has 0 aliphatic carbocycles. The van der Waals surface area contributed by atoms with Crippen LogP contribution in [-0.4, -0.2) is 45.5 Å². The van der Waals surface area contributed by atoms with Gasteiger partial charge >= 0.3 is 98.1 Å². The van der Waals surface area contributed by atoms with Gasteiger partial charge in [0.15, 0.2) is 0 Å². The molecule has 4 heteroatoms. The van der Waals surface area contributed by atoms with Gasteiger partial charge in [0.2, 0.25) is 0 Å². The molecule has 4 heavy (non-hydrogen) atoms. The van der Waals surface area contributed by atoms with E-state index in [1.807, 2.05) is 0 Å². The van der Waals surface area contributed by atoms with Gasteiger partial charge in [0.1, 0.15) is 0 Å². The molecule has 0 rings (SSSR count). The summed E-state index contributed by atoms with van der Waals surface area (Å²) in [6, 6.07) is 0. The Bertz CT molecular complexity index is 8.00. The standard InChI is InChI=1S/Cu.La.O.Sr/q+2;+3;-2;+2. The van der Waals surface area contributed by atoms with Crippen LogP contribution in [0.4, 0.5) is 0 Å². The minimum Gasteiger partial charge on any atom is -2.00 e. The van der Waals surface area contributed by atoms with Gasteiger partial charge < -0.3 is 5.48 Å². The fraction of sp³-hybridized carbons (Fsp3) is 0. The molecule has 0 heterocycles. The van der Waals surface area contributed by atoms with Gasteiger partial charge in [0.25, 0.3) is 0 Å². The molecule has 0 aromatic rings. The van der Waals surface area contributed by atoms with Crippen LogP contribution in [0.3, 0.4) is 0 Å². The van der Waals surface area contributed by atoms with E-state index in [1.165, 1.54) is 0 Å². The minimum absolute atomic E-state index is 0. The Balaban J connectivity index is 0. The third kappa shape index (κ3) is 8.94. The van der Waals surface area contributed by atoms with Crippen molar-refractivity contribution in [2.75, 3.05) is 0 Å². The molecule has 0 unspecified atom stereocenters. The van der Waals surface area contributed by atoms with Crippen molar-refractivity contribution >= 4 is 45.5 Å². The smallest absolute Gasteiger partial charge is 2.00 e. The number of hydrogen-bond donors (Lipinski definition) is 0. The SMILES string of the molecule is [Cu+2].[La+3].[O-2].[Sr+2]. The maximum Gasteiger partial charge on any atom is 3.00 e. The summed E-state index contributed by atoms with van der Waals surface area (Å²) in [7, 11) is 0. The van der Waals surface area contributed by atoms with Crippen LogP contribution in [0.15, 0.2) is 0 Å². The van der Waals surface area contributed by atoms with Crippen LogP contribution in [0.5, 0.6) is 0 Å². The molecule has 0 aliphatic rings. The third-order valence-corrected chi connectivity index (χ3v) is 0. The van der Waals surface area contributed by atoms with Crippen molar-refractivity contribution in [3.8, 4) is 0 Å². The summed E-state index contributed by atoms with van der Waals surface area (Å²) in [5, 5.41) is 0. The monoisotopic (exact) mass is 306 g/mol. The quantitative estimate of drug-likeness (QED) is 0.540. The predicted octanol–water partition coefficient (Wildman–Crippen LogP) is -0.502.